The molecule has 2 heterocycles. The minimum Gasteiger partial charge on any atom is -0.355 e. The Labute approximate surface area is 169 Å². The molecule has 2 aromatic heterocycles. The number of nitrogens with zero attached hydrogens (tertiary/aromatic N) is 4. The molecule has 0 amide bonds. The van der Waals surface area contributed by atoms with E-state index in [4.69, 9.17) is 0 Å². The van der Waals surface area contributed by atoms with E-state index >= 15 is 0 Å². The summed E-state index contributed by atoms with van der Waals surface area (Å²) in [6, 6.07) is 8.23. The highest BCUT2D eigenvalue weighted by molar-refractivity contribution is 5.80. The summed E-state index contributed by atoms with van der Waals surface area (Å²) in [5, 5.41) is 8.88. The molecule has 2 N–H and O–H groups in total. The van der Waals surface area contributed by atoms with Gasteiger partial charge in [-0.15, -0.1) is 0 Å². The molecule has 0 fully saturated rings. The number of aromatic nitrogens is 4. The fourth-order valence-electron chi connectivity index (χ4n) is 3.51. The first-order valence-electron chi connectivity index (χ1n) is 9.63. The second-order valence-electron chi connectivity index (χ2n) is 8.43. The summed E-state index contributed by atoms with van der Waals surface area (Å²) in [4.78, 5) is 34.4. The van der Waals surface area contributed by atoms with Crippen molar-refractivity contribution < 1.29 is 0 Å². The number of hydrogen-bond acceptors (Lipinski definition) is 6. The van der Waals surface area contributed by atoms with Crippen molar-refractivity contribution in [3.05, 3.63) is 62.9 Å². The largest absolute Gasteiger partial charge is 0.355 e. The highest BCUT2D eigenvalue weighted by Crippen LogP contribution is 2.18. The zero-order valence-electron chi connectivity index (χ0n) is 17.6. The molecule has 0 saturated heterocycles. The summed E-state index contributed by atoms with van der Waals surface area (Å²) in [5.41, 5.74) is -0.0185. The van der Waals surface area contributed by atoms with Gasteiger partial charge >= 0.3 is 0 Å². The number of benzene rings is 1. The first-order valence-corrected chi connectivity index (χ1v) is 9.63. The Morgan fingerprint density at radius 1 is 1.24 bits per heavy atom. The minimum absolute atomic E-state index is 0.0134. The molecular formula is C21H28N6O2. The smallest absolute Gasteiger partial charge is 0.275 e. The average molecular weight is 396 g/mol. The van der Waals surface area contributed by atoms with E-state index in [1.165, 1.54) is 10.7 Å². The zero-order valence-corrected chi connectivity index (χ0v) is 17.6. The monoisotopic (exact) mass is 396 g/mol. The van der Waals surface area contributed by atoms with Gasteiger partial charge in [-0.3, -0.25) is 14.6 Å². The van der Waals surface area contributed by atoms with E-state index in [0.717, 1.165) is 11.9 Å². The number of fused-ring (bicyclic) bond motifs is 1. The highest BCUT2D eigenvalue weighted by atomic mass is 16.1. The fraction of sp³-hybridized carbons (Fsp3) is 0.429. The first-order chi connectivity index (χ1) is 13.7. The third-order valence-electron chi connectivity index (χ3n) is 4.76. The first kappa shape index (κ1) is 20.7. The lowest BCUT2D eigenvalue weighted by molar-refractivity contribution is 0.254. The van der Waals surface area contributed by atoms with Gasteiger partial charge in [0.05, 0.1) is 23.3 Å². The summed E-state index contributed by atoms with van der Waals surface area (Å²) < 4.78 is 1.36. The molecule has 0 aliphatic carbocycles. The fourth-order valence-corrected chi connectivity index (χ4v) is 3.51. The van der Waals surface area contributed by atoms with Gasteiger partial charge in [0.2, 0.25) is 5.95 Å². The van der Waals surface area contributed by atoms with Crippen LogP contribution in [0, 0.1) is 5.41 Å². The van der Waals surface area contributed by atoms with Crippen LogP contribution in [0.5, 0.6) is 0 Å². The number of hydrogen-bond donors (Lipinski definition) is 2. The van der Waals surface area contributed by atoms with Crippen molar-refractivity contribution in [2.45, 2.75) is 26.8 Å². The number of rotatable bonds is 7. The van der Waals surface area contributed by atoms with Crippen LogP contribution in [-0.4, -0.2) is 51.8 Å². The van der Waals surface area contributed by atoms with Crippen LogP contribution in [0.1, 0.15) is 32.5 Å². The average Bonchev–Trinajstić information content (AvgIpc) is 2.65. The molecule has 1 atom stereocenters. The Hall–Kier alpha value is -3.00. The van der Waals surface area contributed by atoms with Crippen LogP contribution in [0.15, 0.2) is 46.1 Å². The van der Waals surface area contributed by atoms with Gasteiger partial charge in [0.25, 0.3) is 11.1 Å². The Bertz CT molecular complexity index is 1120. The topological polar surface area (TPSA) is 95.9 Å². The normalized spacial score (nSPS) is 13.0. The Kier molecular flexibility index (Phi) is 5.83. The molecule has 0 aliphatic heterocycles. The van der Waals surface area contributed by atoms with Crippen LogP contribution >= 0.6 is 0 Å². The van der Waals surface area contributed by atoms with Crippen molar-refractivity contribution in [2.24, 2.45) is 5.41 Å². The van der Waals surface area contributed by atoms with E-state index in [2.05, 4.69) is 39.1 Å². The molecule has 0 spiro atoms. The van der Waals surface area contributed by atoms with Crippen molar-refractivity contribution in [3.8, 4) is 0 Å². The van der Waals surface area contributed by atoms with E-state index in [1.807, 2.05) is 39.2 Å². The van der Waals surface area contributed by atoms with Crippen molar-refractivity contribution in [2.75, 3.05) is 32.5 Å². The molecule has 3 rings (SSSR count). The quantitative estimate of drug-likeness (QED) is 0.635. The number of H-pyrrole nitrogens is 1. The minimum atomic E-state index is -0.482. The van der Waals surface area contributed by atoms with E-state index in [-0.39, 0.29) is 16.5 Å². The van der Waals surface area contributed by atoms with Gasteiger partial charge in [-0.2, -0.15) is 5.10 Å². The van der Waals surface area contributed by atoms with Crippen molar-refractivity contribution in [1.82, 2.24) is 24.6 Å². The Morgan fingerprint density at radius 3 is 2.69 bits per heavy atom. The molecular weight excluding hydrogens is 368 g/mol. The van der Waals surface area contributed by atoms with Gasteiger partial charge in [-0.25, -0.2) is 9.67 Å². The van der Waals surface area contributed by atoms with E-state index in [1.54, 1.807) is 12.3 Å². The van der Waals surface area contributed by atoms with Crippen LogP contribution in [0.25, 0.3) is 10.8 Å². The van der Waals surface area contributed by atoms with Gasteiger partial charge in [0.15, 0.2) is 0 Å². The van der Waals surface area contributed by atoms with Crippen molar-refractivity contribution >= 4 is 16.7 Å². The van der Waals surface area contributed by atoms with Crippen molar-refractivity contribution in [1.29, 1.82) is 0 Å². The van der Waals surface area contributed by atoms with Gasteiger partial charge in [-0.1, -0.05) is 32.0 Å². The maximum absolute atomic E-state index is 12.8. The third-order valence-corrected chi connectivity index (χ3v) is 4.76. The summed E-state index contributed by atoms with van der Waals surface area (Å²) in [5.74, 6) is 0.389. The molecule has 8 heteroatoms. The molecule has 154 valence electrons. The summed E-state index contributed by atoms with van der Waals surface area (Å²) in [7, 11) is 4.05. The lowest BCUT2D eigenvalue weighted by Crippen LogP contribution is -2.35. The predicted molar refractivity (Wildman–Crippen MR) is 115 cm³/mol. The zero-order chi connectivity index (χ0) is 21.2. The maximum Gasteiger partial charge on any atom is 0.275 e. The van der Waals surface area contributed by atoms with Gasteiger partial charge in [0.1, 0.15) is 0 Å². The molecule has 0 bridgehead atoms. The van der Waals surface area contributed by atoms with Crippen LogP contribution in [-0.2, 0) is 0 Å². The standard InChI is InChI=1S/C21H28N6O2/c1-14(27-19(29)16-9-7-6-8-15(16)11-23-27)17-10-18(28)25-20(24-17)22-12-21(2,3)13-26(4)5/h6-11,14H,12-13H2,1-5H3,(H2,22,24,25,28)/t14-/m0/s1. The second kappa shape index (κ2) is 8.16. The molecule has 8 nitrogen and oxygen atoms in total. The molecule has 0 unspecified atom stereocenters. The van der Waals surface area contributed by atoms with E-state index in [9.17, 15) is 9.59 Å². The third kappa shape index (κ3) is 4.89. The van der Waals surface area contributed by atoms with E-state index in [0.29, 0.717) is 23.6 Å². The van der Waals surface area contributed by atoms with Crippen LogP contribution in [0.2, 0.25) is 0 Å². The number of aromatic amines is 1. The molecule has 1 aromatic carbocycles. The molecule has 0 radical (unpaired) electrons. The molecule has 0 saturated carbocycles. The Morgan fingerprint density at radius 2 is 1.97 bits per heavy atom. The van der Waals surface area contributed by atoms with Gasteiger partial charge < -0.3 is 10.2 Å². The van der Waals surface area contributed by atoms with Gasteiger partial charge in [-0.05, 0) is 32.5 Å². The Balaban J connectivity index is 1.89. The summed E-state index contributed by atoms with van der Waals surface area (Å²) in [6.45, 7) is 7.62. The van der Waals surface area contributed by atoms with Crippen LogP contribution < -0.4 is 16.4 Å². The molecule has 29 heavy (non-hydrogen) atoms. The summed E-state index contributed by atoms with van der Waals surface area (Å²) in [6.07, 6.45) is 1.66. The predicted octanol–water partition coefficient (Wildman–Crippen LogP) is 2.09. The van der Waals surface area contributed by atoms with Crippen LogP contribution in [0.4, 0.5) is 5.95 Å². The molecule has 3 aromatic rings. The molecule has 0 aliphatic rings. The summed E-state index contributed by atoms with van der Waals surface area (Å²) >= 11 is 0. The van der Waals surface area contributed by atoms with E-state index < -0.39 is 6.04 Å². The number of nitrogens with one attached hydrogen (secondary N) is 2. The second-order valence-corrected chi connectivity index (χ2v) is 8.43. The van der Waals surface area contributed by atoms with Gasteiger partial charge in [0, 0.05) is 24.5 Å². The number of anilines is 1. The van der Waals surface area contributed by atoms with Crippen LogP contribution in [0.3, 0.4) is 0 Å². The lowest BCUT2D eigenvalue weighted by Gasteiger charge is -2.28. The van der Waals surface area contributed by atoms with Crippen molar-refractivity contribution in [3.63, 3.8) is 0 Å². The highest BCUT2D eigenvalue weighted by Gasteiger charge is 2.20. The SMILES string of the molecule is C[C@@H](c1cc(=O)[nH]c(NCC(C)(C)CN(C)C)n1)n1ncc2ccccc2c1=O. The maximum atomic E-state index is 12.8. The lowest BCUT2D eigenvalue weighted by atomic mass is 9.93.